The molecule has 14 heavy (non-hydrogen) atoms. The van der Waals surface area contributed by atoms with Crippen molar-refractivity contribution in [1.29, 1.82) is 5.26 Å². The van der Waals surface area contributed by atoms with E-state index in [9.17, 15) is 0 Å². The first-order valence-corrected chi connectivity index (χ1v) is 6.14. The molecular weight excluding hydrogens is 282 g/mol. The minimum Gasteiger partial charge on any atom is -0.193 e. The Balaban J connectivity index is 3.18. The Labute approximate surface area is 101 Å². The highest BCUT2D eigenvalue weighted by Crippen LogP contribution is 2.35. The zero-order valence-corrected chi connectivity index (χ0v) is 11.1. The van der Waals surface area contributed by atoms with Crippen molar-refractivity contribution >= 4 is 43.9 Å². The quantitative estimate of drug-likeness (QED) is 0.724. The molecule has 0 spiro atoms. The Morgan fingerprint density at radius 3 is 2.71 bits per heavy atom. The number of hydrogen-bond acceptors (Lipinski definition) is 2. The zero-order valence-electron chi connectivity index (χ0n) is 7.90. The summed E-state index contributed by atoms with van der Waals surface area (Å²) in [6.45, 7) is 3.93. The molecule has 0 aliphatic rings. The van der Waals surface area contributed by atoms with E-state index in [-0.39, 0.29) is 0 Å². The predicted molar refractivity (Wildman–Crippen MR) is 65.4 cm³/mol. The minimum atomic E-state index is 0.578. The molecule has 0 saturated carbocycles. The standard InChI is InChI=1S/C10H9BrClNS/c1-3-7(5-13)9(12)8-4-6(2)10(11)14-8/h4H,3H2,1-2H3. The third kappa shape index (κ3) is 2.38. The first-order valence-electron chi connectivity index (χ1n) is 4.15. The molecule has 4 heteroatoms. The summed E-state index contributed by atoms with van der Waals surface area (Å²) < 4.78 is 1.07. The van der Waals surface area contributed by atoms with Crippen LogP contribution in [0.4, 0.5) is 0 Å². The predicted octanol–water partition coefficient (Wildman–Crippen LogP) is 4.70. The van der Waals surface area contributed by atoms with Crippen molar-refractivity contribution in [2.24, 2.45) is 0 Å². The molecule has 1 nitrogen and oxygen atoms in total. The van der Waals surface area contributed by atoms with Gasteiger partial charge in [0, 0.05) is 10.5 Å². The number of thiophene rings is 1. The molecule has 0 atom stereocenters. The molecule has 0 saturated heterocycles. The normalized spacial score (nSPS) is 12.2. The van der Waals surface area contributed by atoms with Gasteiger partial charge in [-0.15, -0.1) is 11.3 Å². The molecular formula is C10H9BrClNS. The summed E-state index contributed by atoms with van der Waals surface area (Å²) in [4.78, 5) is 0.953. The van der Waals surface area contributed by atoms with Gasteiger partial charge in [-0.25, -0.2) is 0 Å². The molecule has 1 heterocycles. The summed E-state index contributed by atoms with van der Waals surface area (Å²) in [5.74, 6) is 0. The fourth-order valence-electron chi connectivity index (χ4n) is 1.00. The van der Waals surface area contributed by atoms with Gasteiger partial charge in [0.05, 0.1) is 14.9 Å². The van der Waals surface area contributed by atoms with E-state index in [0.29, 0.717) is 17.0 Å². The van der Waals surface area contributed by atoms with Gasteiger partial charge in [0.25, 0.3) is 0 Å². The van der Waals surface area contributed by atoms with Crippen LogP contribution in [0.5, 0.6) is 0 Å². The number of nitrogens with zero attached hydrogens (tertiary/aromatic N) is 1. The van der Waals surface area contributed by atoms with E-state index in [0.717, 1.165) is 14.2 Å². The molecule has 1 aromatic rings. The summed E-state index contributed by atoms with van der Waals surface area (Å²) in [7, 11) is 0. The third-order valence-corrected chi connectivity index (χ3v) is 4.52. The highest BCUT2D eigenvalue weighted by Gasteiger charge is 2.09. The number of rotatable bonds is 2. The van der Waals surface area contributed by atoms with Gasteiger partial charge in [-0.3, -0.25) is 0 Å². The van der Waals surface area contributed by atoms with E-state index >= 15 is 0 Å². The van der Waals surface area contributed by atoms with Crippen LogP contribution in [0.25, 0.3) is 5.03 Å². The van der Waals surface area contributed by atoms with Crippen LogP contribution in [-0.2, 0) is 0 Å². The van der Waals surface area contributed by atoms with Gasteiger partial charge in [0.15, 0.2) is 0 Å². The largest absolute Gasteiger partial charge is 0.193 e. The summed E-state index contributed by atoms with van der Waals surface area (Å²) in [6.07, 6.45) is 0.671. The van der Waals surface area contributed by atoms with Crippen LogP contribution in [0.2, 0.25) is 0 Å². The molecule has 0 bridgehead atoms. The first-order chi connectivity index (χ1) is 6.60. The number of halogens is 2. The zero-order chi connectivity index (χ0) is 10.7. The van der Waals surface area contributed by atoms with Gasteiger partial charge in [-0.2, -0.15) is 5.26 Å². The van der Waals surface area contributed by atoms with E-state index in [1.807, 2.05) is 19.9 Å². The molecule has 0 fully saturated rings. The van der Waals surface area contributed by atoms with Gasteiger partial charge in [0.2, 0.25) is 0 Å². The second-order valence-electron chi connectivity index (χ2n) is 2.83. The monoisotopic (exact) mass is 289 g/mol. The van der Waals surface area contributed by atoms with Crippen molar-refractivity contribution in [1.82, 2.24) is 0 Å². The van der Waals surface area contributed by atoms with E-state index in [4.69, 9.17) is 16.9 Å². The second kappa shape index (κ2) is 4.97. The number of hydrogen-bond donors (Lipinski definition) is 0. The van der Waals surface area contributed by atoms with Crippen molar-refractivity contribution < 1.29 is 0 Å². The van der Waals surface area contributed by atoms with Crippen LogP contribution < -0.4 is 0 Å². The lowest BCUT2D eigenvalue weighted by molar-refractivity contribution is 1.16. The molecule has 1 rings (SSSR count). The lowest BCUT2D eigenvalue weighted by Gasteiger charge is -1.96. The van der Waals surface area contributed by atoms with Gasteiger partial charge in [-0.05, 0) is 40.9 Å². The van der Waals surface area contributed by atoms with E-state index < -0.39 is 0 Å². The maximum absolute atomic E-state index is 8.83. The topological polar surface area (TPSA) is 23.8 Å². The van der Waals surface area contributed by atoms with Crippen LogP contribution >= 0.6 is 38.9 Å². The molecule has 0 radical (unpaired) electrons. The smallest absolute Gasteiger partial charge is 0.0963 e. The van der Waals surface area contributed by atoms with Crippen molar-refractivity contribution in [3.05, 3.63) is 25.9 Å². The van der Waals surface area contributed by atoms with Gasteiger partial charge < -0.3 is 0 Å². The number of allylic oxidation sites excluding steroid dienone is 1. The molecule has 0 N–H and O–H groups in total. The van der Waals surface area contributed by atoms with E-state index in [1.165, 1.54) is 0 Å². The maximum Gasteiger partial charge on any atom is 0.0963 e. The molecule has 0 unspecified atom stereocenters. The van der Waals surface area contributed by atoms with Crippen LogP contribution in [0.1, 0.15) is 23.8 Å². The molecule has 1 aromatic heterocycles. The Hall–Kier alpha value is -0.300. The number of aryl methyl sites for hydroxylation is 1. The molecule has 0 aliphatic carbocycles. The van der Waals surface area contributed by atoms with Crippen LogP contribution in [0.15, 0.2) is 15.4 Å². The average Bonchev–Trinajstić information content (AvgIpc) is 2.49. The van der Waals surface area contributed by atoms with Crippen molar-refractivity contribution in [2.75, 3.05) is 0 Å². The Kier molecular flexibility index (Phi) is 4.18. The summed E-state index contributed by atoms with van der Waals surface area (Å²) >= 11 is 11.1. The van der Waals surface area contributed by atoms with Crippen LogP contribution in [-0.4, -0.2) is 0 Å². The lowest BCUT2D eigenvalue weighted by Crippen LogP contribution is -1.79. The van der Waals surface area contributed by atoms with E-state index in [2.05, 4.69) is 22.0 Å². The summed E-state index contributed by atoms with van der Waals surface area (Å²) in [6, 6.07) is 4.11. The van der Waals surface area contributed by atoms with Crippen molar-refractivity contribution in [3.8, 4) is 6.07 Å². The first kappa shape index (κ1) is 11.8. The molecule has 0 aromatic carbocycles. The molecule has 0 aliphatic heterocycles. The SMILES string of the molecule is CCC(C#N)=C(Cl)c1cc(C)c(Br)s1. The van der Waals surface area contributed by atoms with Gasteiger partial charge in [0.1, 0.15) is 0 Å². The average molecular weight is 291 g/mol. The van der Waals surface area contributed by atoms with Gasteiger partial charge >= 0.3 is 0 Å². The maximum atomic E-state index is 8.83. The highest BCUT2D eigenvalue weighted by atomic mass is 79.9. The Morgan fingerprint density at radius 1 is 1.71 bits per heavy atom. The van der Waals surface area contributed by atoms with Crippen LogP contribution in [0, 0.1) is 18.3 Å². The fraction of sp³-hybridized carbons (Fsp3) is 0.300. The number of nitriles is 1. The third-order valence-electron chi connectivity index (χ3n) is 1.83. The fourth-order valence-corrected chi connectivity index (χ4v) is 2.85. The second-order valence-corrected chi connectivity index (χ2v) is 5.57. The van der Waals surface area contributed by atoms with E-state index in [1.54, 1.807) is 11.3 Å². The Morgan fingerprint density at radius 2 is 2.36 bits per heavy atom. The molecule has 74 valence electrons. The Bertz CT molecular complexity index is 395. The minimum absolute atomic E-state index is 0.578. The van der Waals surface area contributed by atoms with Crippen molar-refractivity contribution in [3.63, 3.8) is 0 Å². The summed E-state index contributed by atoms with van der Waals surface area (Å²) in [5.41, 5.74) is 1.79. The van der Waals surface area contributed by atoms with Crippen molar-refractivity contribution in [2.45, 2.75) is 20.3 Å². The van der Waals surface area contributed by atoms with Gasteiger partial charge in [-0.1, -0.05) is 18.5 Å². The lowest BCUT2D eigenvalue weighted by atomic mass is 10.2. The van der Waals surface area contributed by atoms with Crippen LogP contribution in [0.3, 0.4) is 0 Å². The molecule has 0 amide bonds. The summed E-state index contributed by atoms with van der Waals surface area (Å²) in [5, 5.41) is 9.41. The highest BCUT2D eigenvalue weighted by molar-refractivity contribution is 9.11.